The summed E-state index contributed by atoms with van der Waals surface area (Å²) in [4.78, 5) is 0. The minimum Gasteiger partial charge on any atom is -0.496 e. The average molecular weight is 252 g/mol. The lowest BCUT2D eigenvalue weighted by molar-refractivity contribution is 0.194. The van der Waals surface area contributed by atoms with Gasteiger partial charge in [-0.2, -0.15) is 11.8 Å². The lowest BCUT2D eigenvalue weighted by Crippen LogP contribution is -2.09. The Morgan fingerprint density at radius 3 is 2.65 bits per heavy atom. The number of methoxy groups -OCH3 is 1. The van der Waals surface area contributed by atoms with Gasteiger partial charge in [0.1, 0.15) is 5.75 Å². The summed E-state index contributed by atoms with van der Waals surface area (Å²) in [5.41, 5.74) is 2.25. The fourth-order valence-electron chi connectivity index (χ4n) is 2.36. The maximum Gasteiger partial charge on any atom is 0.124 e. The Morgan fingerprint density at radius 1 is 1.35 bits per heavy atom. The first kappa shape index (κ1) is 12.8. The highest BCUT2D eigenvalue weighted by molar-refractivity contribution is 7.99. The zero-order chi connectivity index (χ0) is 12.3. The second kappa shape index (κ2) is 5.78. The van der Waals surface area contributed by atoms with Crippen LogP contribution < -0.4 is 4.74 Å². The Balaban J connectivity index is 2.26. The van der Waals surface area contributed by atoms with Crippen LogP contribution in [-0.2, 0) is 0 Å². The topological polar surface area (TPSA) is 29.5 Å². The van der Waals surface area contributed by atoms with Crippen LogP contribution in [0.2, 0.25) is 0 Å². The molecule has 0 aromatic heterocycles. The van der Waals surface area contributed by atoms with Crippen LogP contribution in [-0.4, -0.2) is 23.7 Å². The maximum absolute atomic E-state index is 9.77. The highest BCUT2D eigenvalue weighted by Gasteiger charge is 2.18. The Kier molecular flexibility index (Phi) is 4.35. The van der Waals surface area contributed by atoms with Gasteiger partial charge in [-0.25, -0.2) is 0 Å². The lowest BCUT2D eigenvalue weighted by Gasteiger charge is -2.23. The van der Waals surface area contributed by atoms with Crippen molar-refractivity contribution in [1.82, 2.24) is 0 Å². The van der Waals surface area contributed by atoms with Gasteiger partial charge >= 0.3 is 0 Å². The molecule has 0 spiro atoms. The van der Waals surface area contributed by atoms with Crippen LogP contribution in [0.15, 0.2) is 18.2 Å². The molecule has 1 aliphatic heterocycles. The Labute approximate surface area is 107 Å². The first-order chi connectivity index (χ1) is 8.22. The summed E-state index contributed by atoms with van der Waals surface area (Å²) in [6.07, 6.45) is 2.02. The summed E-state index contributed by atoms with van der Waals surface area (Å²) < 4.78 is 5.28. The highest BCUT2D eigenvalue weighted by atomic mass is 32.2. The number of hydrogen-bond donors (Lipinski definition) is 1. The summed E-state index contributed by atoms with van der Waals surface area (Å²) in [6.45, 7) is 1.79. The van der Waals surface area contributed by atoms with Crippen LogP contribution in [0.5, 0.6) is 5.75 Å². The zero-order valence-electron chi connectivity index (χ0n) is 10.5. The number of rotatable bonds is 3. The van der Waals surface area contributed by atoms with Gasteiger partial charge < -0.3 is 9.84 Å². The van der Waals surface area contributed by atoms with Gasteiger partial charge in [0.05, 0.1) is 13.2 Å². The SMILES string of the molecule is COc1ccc(C2CCSCC2)cc1C(C)O. The van der Waals surface area contributed by atoms with Crippen molar-refractivity contribution in [3.05, 3.63) is 29.3 Å². The van der Waals surface area contributed by atoms with E-state index in [0.717, 1.165) is 11.3 Å². The maximum atomic E-state index is 9.77. The smallest absolute Gasteiger partial charge is 0.124 e. The lowest BCUT2D eigenvalue weighted by atomic mass is 9.91. The molecule has 2 nitrogen and oxygen atoms in total. The molecule has 0 aliphatic carbocycles. The molecule has 0 saturated carbocycles. The molecule has 1 saturated heterocycles. The van der Waals surface area contributed by atoms with Crippen LogP contribution in [0, 0.1) is 0 Å². The molecule has 0 bridgehead atoms. The van der Waals surface area contributed by atoms with Crippen molar-refractivity contribution in [3.63, 3.8) is 0 Å². The first-order valence-corrected chi connectivity index (χ1v) is 7.31. The van der Waals surface area contributed by atoms with Crippen molar-refractivity contribution in [2.45, 2.75) is 31.8 Å². The minimum absolute atomic E-state index is 0.470. The number of aliphatic hydroxyl groups is 1. The largest absolute Gasteiger partial charge is 0.496 e. The van der Waals surface area contributed by atoms with Crippen molar-refractivity contribution in [3.8, 4) is 5.75 Å². The van der Waals surface area contributed by atoms with Gasteiger partial charge in [-0.1, -0.05) is 6.07 Å². The predicted molar refractivity (Wildman–Crippen MR) is 72.9 cm³/mol. The van der Waals surface area contributed by atoms with E-state index in [1.54, 1.807) is 14.0 Å². The molecule has 0 radical (unpaired) electrons. The third kappa shape index (κ3) is 2.96. The minimum atomic E-state index is -0.470. The summed E-state index contributed by atoms with van der Waals surface area (Å²) in [5, 5.41) is 9.77. The predicted octanol–water partition coefficient (Wildman–Crippen LogP) is 3.36. The summed E-state index contributed by atoms with van der Waals surface area (Å²) >= 11 is 2.04. The van der Waals surface area contributed by atoms with Crippen LogP contribution in [0.25, 0.3) is 0 Å². The van der Waals surface area contributed by atoms with Gasteiger partial charge in [-0.3, -0.25) is 0 Å². The fraction of sp³-hybridized carbons (Fsp3) is 0.571. The number of ether oxygens (including phenoxy) is 1. The van der Waals surface area contributed by atoms with Crippen molar-refractivity contribution >= 4 is 11.8 Å². The number of aliphatic hydroxyl groups excluding tert-OH is 1. The van der Waals surface area contributed by atoms with Crippen LogP contribution in [0.1, 0.15) is 42.9 Å². The van der Waals surface area contributed by atoms with Gasteiger partial charge in [0.15, 0.2) is 0 Å². The molecule has 1 aromatic carbocycles. The Hall–Kier alpha value is -0.670. The summed E-state index contributed by atoms with van der Waals surface area (Å²) in [7, 11) is 1.65. The van der Waals surface area contributed by atoms with Gasteiger partial charge in [0.25, 0.3) is 0 Å². The second-order valence-corrected chi connectivity index (χ2v) is 5.79. The normalized spacial score (nSPS) is 19.0. The van der Waals surface area contributed by atoms with E-state index in [0.29, 0.717) is 5.92 Å². The standard InChI is InChI=1S/C14H20O2S/c1-10(15)13-9-12(3-4-14(13)16-2)11-5-7-17-8-6-11/h3-4,9-11,15H,5-8H2,1-2H3. The van der Waals surface area contributed by atoms with Crippen molar-refractivity contribution in [2.75, 3.05) is 18.6 Å². The van der Waals surface area contributed by atoms with Crippen molar-refractivity contribution in [1.29, 1.82) is 0 Å². The molecule has 0 amide bonds. The van der Waals surface area contributed by atoms with Crippen LogP contribution in [0.3, 0.4) is 0 Å². The van der Waals surface area contributed by atoms with Gasteiger partial charge in [0.2, 0.25) is 0 Å². The molecule has 2 rings (SSSR count). The Bertz CT molecular complexity index is 370. The first-order valence-electron chi connectivity index (χ1n) is 6.16. The van der Waals surface area contributed by atoms with E-state index in [9.17, 15) is 5.11 Å². The molecule has 1 aliphatic rings. The molecule has 1 heterocycles. The van der Waals surface area contributed by atoms with E-state index in [-0.39, 0.29) is 0 Å². The Morgan fingerprint density at radius 2 is 2.06 bits per heavy atom. The van der Waals surface area contributed by atoms with Gasteiger partial charge in [0, 0.05) is 5.56 Å². The van der Waals surface area contributed by atoms with E-state index >= 15 is 0 Å². The molecule has 1 N–H and O–H groups in total. The number of thioether (sulfide) groups is 1. The summed E-state index contributed by atoms with van der Waals surface area (Å²) in [5.74, 6) is 3.94. The highest BCUT2D eigenvalue weighted by Crippen LogP contribution is 2.35. The molecule has 1 fully saturated rings. The molecule has 1 aromatic rings. The van der Waals surface area contributed by atoms with Crippen molar-refractivity contribution < 1.29 is 9.84 Å². The van der Waals surface area contributed by atoms with Gasteiger partial charge in [-0.15, -0.1) is 0 Å². The zero-order valence-corrected chi connectivity index (χ0v) is 11.3. The molecule has 1 atom stereocenters. The second-order valence-electron chi connectivity index (χ2n) is 4.56. The van der Waals surface area contributed by atoms with E-state index in [2.05, 4.69) is 12.1 Å². The third-order valence-electron chi connectivity index (χ3n) is 3.40. The molecule has 3 heteroatoms. The van der Waals surface area contributed by atoms with Crippen LogP contribution >= 0.6 is 11.8 Å². The molecular weight excluding hydrogens is 232 g/mol. The summed E-state index contributed by atoms with van der Waals surface area (Å²) in [6, 6.07) is 6.24. The quantitative estimate of drug-likeness (QED) is 0.894. The van der Waals surface area contributed by atoms with Crippen LogP contribution in [0.4, 0.5) is 0 Å². The fourth-order valence-corrected chi connectivity index (χ4v) is 3.47. The molecule has 1 unspecified atom stereocenters. The third-order valence-corrected chi connectivity index (χ3v) is 4.45. The number of hydrogen-bond acceptors (Lipinski definition) is 3. The van der Waals surface area contributed by atoms with E-state index in [1.807, 2.05) is 17.8 Å². The molecule has 17 heavy (non-hydrogen) atoms. The van der Waals surface area contributed by atoms with Gasteiger partial charge in [-0.05, 0) is 54.9 Å². The average Bonchev–Trinajstić information content (AvgIpc) is 2.39. The van der Waals surface area contributed by atoms with E-state index < -0.39 is 6.10 Å². The van der Waals surface area contributed by atoms with E-state index in [1.165, 1.54) is 29.9 Å². The molecular formula is C14H20O2S. The van der Waals surface area contributed by atoms with E-state index in [4.69, 9.17) is 4.74 Å². The van der Waals surface area contributed by atoms with Crippen molar-refractivity contribution in [2.24, 2.45) is 0 Å². The monoisotopic (exact) mass is 252 g/mol. The molecule has 94 valence electrons. The number of benzene rings is 1.